The number of hydrogen-bond acceptors (Lipinski definition) is 1. The van der Waals surface area contributed by atoms with E-state index in [4.69, 9.17) is 0 Å². The summed E-state index contributed by atoms with van der Waals surface area (Å²) >= 11 is 0. The van der Waals surface area contributed by atoms with Crippen molar-refractivity contribution in [3.05, 3.63) is 243 Å². The highest BCUT2D eigenvalue weighted by molar-refractivity contribution is 6.09. The van der Waals surface area contributed by atoms with Gasteiger partial charge in [-0.05, 0) is 98.9 Å². The molecule has 2 heteroatoms. The highest BCUT2D eigenvalue weighted by atomic mass is 15.1. The Hall–Kier alpha value is -7.94. The molecule has 0 N–H and O–H groups in total. The van der Waals surface area contributed by atoms with Crippen molar-refractivity contribution < 1.29 is 0 Å². The third kappa shape index (κ3) is 6.32. The summed E-state index contributed by atoms with van der Waals surface area (Å²) in [5, 5.41) is 4.95. The highest BCUT2D eigenvalue weighted by Crippen LogP contribution is 2.41. The lowest BCUT2D eigenvalue weighted by Gasteiger charge is -2.27. The predicted octanol–water partition coefficient (Wildman–Crippen LogP) is 16.1. The molecule has 0 radical (unpaired) electrons. The van der Waals surface area contributed by atoms with E-state index in [1.807, 2.05) is 0 Å². The standard InChI is InChI=1S/C58H40N2/c1-2-14-41(15-3-1)47-18-12-19-48(40-47)44-34-38-50(39-35-44)59(55-27-13-17-45-16-4-5-20-51(45)55)49-36-32-43(33-37-49)42-28-30-46(31-29-42)52-21-6-9-24-56(52)60-57-25-10-7-22-53(57)54-23-8-11-26-58(54)60/h1-40H. The number of hydrogen-bond donors (Lipinski definition) is 0. The Bertz CT molecular complexity index is 3230. The van der Waals surface area contributed by atoms with Crippen molar-refractivity contribution in [2.45, 2.75) is 0 Å². The van der Waals surface area contributed by atoms with Gasteiger partial charge in [-0.25, -0.2) is 0 Å². The molecule has 0 atom stereocenters. The minimum absolute atomic E-state index is 1.10. The van der Waals surface area contributed by atoms with E-state index >= 15 is 0 Å². The van der Waals surface area contributed by atoms with E-state index in [-0.39, 0.29) is 0 Å². The minimum atomic E-state index is 1.10. The Balaban J connectivity index is 0.932. The summed E-state index contributed by atoms with van der Waals surface area (Å²) in [5.41, 5.74) is 16.5. The zero-order chi connectivity index (χ0) is 39.8. The Labute approximate surface area is 350 Å². The SMILES string of the molecule is c1ccc(-c2cccc(-c3ccc(N(c4ccc(-c5ccc(-c6ccccc6-n6c7ccccc7c7ccccc76)cc5)cc4)c4cccc5ccccc45)cc3)c2)cc1. The molecule has 1 aromatic heterocycles. The van der Waals surface area contributed by atoms with Gasteiger partial charge in [-0.3, -0.25) is 0 Å². The molecule has 60 heavy (non-hydrogen) atoms. The van der Waals surface area contributed by atoms with Crippen LogP contribution in [0.5, 0.6) is 0 Å². The molecule has 282 valence electrons. The van der Waals surface area contributed by atoms with Gasteiger partial charge in [0.25, 0.3) is 0 Å². The van der Waals surface area contributed by atoms with Crippen LogP contribution >= 0.6 is 0 Å². The summed E-state index contributed by atoms with van der Waals surface area (Å²) < 4.78 is 2.41. The maximum atomic E-state index is 2.41. The quantitative estimate of drug-likeness (QED) is 0.150. The largest absolute Gasteiger partial charge is 0.310 e. The van der Waals surface area contributed by atoms with Crippen molar-refractivity contribution in [3.63, 3.8) is 0 Å². The molecule has 0 aliphatic rings. The van der Waals surface area contributed by atoms with Gasteiger partial charge in [0, 0.05) is 33.1 Å². The summed E-state index contributed by atoms with van der Waals surface area (Å²) in [6.07, 6.45) is 0. The second-order valence-electron chi connectivity index (χ2n) is 15.3. The van der Waals surface area contributed by atoms with Crippen LogP contribution in [0.4, 0.5) is 17.1 Å². The van der Waals surface area contributed by atoms with Crippen molar-refractivity contribution in [1.29, 1.82) is 0 Å². The van der Waals surface area contributed by atoms with Gasteiger partial charge in [0.1, 0.15) is 0 Å². The smallest absolute Gasteiger partial charge is 0.0541 e. The lowest BCUT2D eigenvalue weighted by molar-refractivity contribution is 1.18. The molecule has 0 saturated heterocycles. The minimum Gasteiger partial charge on any atom is -0.310 e. The topological polar surface area (TPSA) is 8.17 Å². The van der Waals surface area contributed by atoms with Gasteiger partial charge in [-0.1, -0.05) is 188 Å². The van der Waals surface area contributed by atoms with Crippen LogP contribution in [0.2, 0.25) is 0 Å². The Morgan fingerprint density at radius 1 is 0.283 bits per heavy atom. The number of para-hydroxylation sites is 3. The molecule has 0 unspecified atom stereocenters. The normalized spacial score (nSPS) is 11.3. The van der Waals surface area contributed by atoms with Crippen LogP contribution in [0.3, 0.4) is 0 Å². The van der Waals surface area contributed by atoms with E-state index in [0.29, 0.717) is 0 Å². The maximum absolute atomic E-state index is 2.41. The lowest BCUT2D eigenvalue weighted by atomic mass is 9.98. The van der Waals surface area contributed by atoms with E-state index in [0.717, 1.165) is 17.1 Å². The van der Waals surface area contributed by atoms with Crippen molar-refractivity contribution in [1.82, 2.24) is 4.57 Å². The number of aromatic nitrogens is 1. The molecule has 11 aromatic rings. The van der Waals surface area contributed by atoms with Gasteiger partial charge in [0.2, 0.25) is 0 Å². The highest BCUT2D eigenvalue weighted by Gasteiger charge is 2.18. The van der Waals surface area contributed by atoms with Gasteiger partial charge in [-0.15, -0.1) is 0 Å². The second-order valence-corrected chi connectivity index (χ2v) is 15.3. The second kappa shape index (κ2) is 15.1. The van der Waals surface area contributed by atoms with Crippen LogP contribution in [0, 0.1) is 0 Å². The van der Waals surface area contributed by atoms with Crippen LogP contribution in [-0.2, 0) is 0 Å². The first kappa shape index (κ1) is 35.2. The Morgan fingerprint density at radius 2 is 0.717 bits per heavy atom. The zero-order valence-corrected chi connectivity index (χ0v) is 33.0. The molecule has 0 aliphatic carbocycles. The van der Waals surface area contributed by atoms with E-state index in [9.17, 15) is 0 Å². The summed E-state index contributed by atoms with van der Waals surface area (Å²) in [6, 6.07) is 87.7. The van der Waals surface area contributed by atoms with Crippen molar-refractivity contribution in [2.75, 3.05) is 4.90 Å². The predicted molar refractivity (Wildman–Crippen MR) is 255 cm³/mol. The number of benzene rings is 10. The molecule has 1 heterocycles. The Kier molecular flexibility index (Phi) is 8.87. The van der Waals surface area contributed by atoms with Crippen molar-refractivity contribution in [2.24, 2.45) is 0 Å². The van der Waals surface area contributed by atoms with Gasteiger partial charge < -0.3 is 9.47 Å². The number of nitrogens with zero attached hydrogens (tertiary/aromatic N) is 2. The van der Waals surface area contributed by atoms with Crippen LogP contribution in [-0.4, -0.2) is 4.57 Å². The Morgan fingerprint density at radius 3 is 1.37 bits per heavy atom. The fourth-order valence-corrected chi connectivity index (χ4v) is 8.88. The van der Waals surface area contributed by atoms with Gasteiger partial charge >= 0.3 is 0 Å². The molecule has 0 amide bonds. The molecular weight excluding hydrogens is 725 g/mol. The first-order valence-corrected chi connectivity index (χ1v) is 20.6. The van der Waals surface area contributed by atoms with E-state index in [1.54, 1.807) is 0 Å². The number of fused-ring (bicyclic) bond motifs is 4. The third-order valence-electron chi connectivity index (χ3n) is 11.8. The molecule has 11 rings (SSSR count). The molecule has 0 spiro atoms. The molecule has 10 aromatic carbocycles. The van der Waals surface area contributed by atoms with Crippen LogP contribution < -0.4 is 4.90 Å². The van der Waals surface area contributed by atoms with Crippen molar-refractivity contribution in [3.8, 4) is 50.2 Å². The first-order valence-electron chi connectivity index (χ1n) is 20.6. The zero-order valence-electron chi connectivity index (χ0n) is 33.0. The van der Waals surface area contributed by atoms with Crippen molar-refractivity contribution >= 4 is 49.6 Å². The third-order valence-corrected chi connectivity index (χ3v) is 11.8. The number of anilines is 3. The van der Waals surface area contributed by atoms with Gasteiger partial charge in [-0.2, -0.15) is 0 Å². The van der Waals surface area contributed by atoms with Gasteiger partial charge in [0.15, 0.2) is 0 Å². The maximum Gasteiger partial charge on any atom is 0.0541 e. The summed E-state index contributed by atoms with van der Waals surface area (Å²) in [4.78, 5) is 2.38. The first-order chi connectivity index (χ1) is 29.8. The molecule has 0 bridgehead atoms. The fraction of sp³-hybridized carbons (Fsp3) is 0. The summed E-state index contributed by atoms with van der Waals surface area (Å²) in [7, 11) is 0. The van der Waals surface area contributed by atoms with Crippen LogP contribution in [0.1, 0.15) is 0 Å². The molecule has 0 saturated carbocycles. The van der Waals surface area contributed by atoms with Crippen LogP contribution in [0.15, 0.2) is 243 Å². The average Bonchev–Trinajstić information content (AvgIpc) is 3.67. The molecule has 0 aliphatic heterocycles. The molecule has 2 nitrogen and oxygen atoms in total. The van der Waals surface area contributed by atoms with E-state index in [1.165, 1.54) is 82.8 Å². The van der Waals surface area contributed by atoms with Crippen LogP contribution in [0.25, 0.3) is 82.8 Å². The molecule has 0 fully saturated rings. The molecular formula is C58H40N2. The number of rotatable bonds is 8. The van der Waals surface area contributed by atoms with E-state index in [2.05, 4.69) is 252 Å². The summed E-state index contributed by atoms with van der Waals surface area (Å²) in [6.45, 7) is 0. The van der Waals surface area contributed by atoms with E-state index < -0.39 is 0 Å². The average molecular weight is 765 g/mol. The fourth-order valence-electron chi connectivity index (χ4n) is 8.88. The summed E-state index contributed by atoms with van der Waals surface area (Å²) in [5.74, 6) is 0. The lowest BCUT2D eigenvalue weighted by Crippen LogP contribution is -2.10. The monoisotopic (exact) mass is 764 g/mol. The van der Waals surface area contributed by atoms with Gasteiger partial charge in [0.05, 0.1) is 22.4 Å².